The summed E-state index contributed by atoms with van der Waals surface area (Å²) in [4.78, 5) is 10.4. The summed E-state index contributed by atoms with van der Waals surface area (Å²) < 4.78 is 13.9. The Kier molecular flexibility index (Phi) is 4.47. The van der Waals surface area contributed by atoms with Gasteiger partial charge in [-0.2, -0.15) is 0 Å². The number of hydrogen-bond donors (Lipinski definition) is 1. The van der Waals surface area contributed by atoms with Gasteiger partial charge in [-0.25, -0.2) is 4.39 Å². The molecule has 1 rings (SSSR count). The standard InChI is InChI=1S/C12H14BrFO2/c1-7-6-10(14)12(13)9(8(7)2)4-3-5-11(15)16/h6H,3-5H2,1-2H3,(H,15,16). The van der Waals surface area contributed by atoms with Gasteiger partial charge in [0.05, 0.1) is 4.47 Å². The molecule has 0 radical (unpaired) electrons. The van der Waals surface area contributed by atoms with E-state index >= 15 is 0 Å². The average molecular weight is 289 g/mol. The maximum atomic E-state index is 13.4. The molecule has 0 unspecified atom stereocenters. The summed E-state index contributed by atoms with van der Waals surface area (Å²) in [5.41, 5.74) is 2.79. The van der Waals surface area contributed by atoms with Gasteiger partial charge in [0, 0.05) is 6.42 Å². The van der Waals surface area contributed by atoms with Crippen LogP contribution >= 0.6 is 15.9 Å². The van der Waals surface area contributed by atoms with E-state index in [0.717, 1.165) is 16.7 Å². The van der Waals surface area contributed by atoms with Crippen LogP contribution in [0, 0.1) is 19.7 Å². The number of rotatable bonds is 4. The van der Waals surface area contributed by atoms with E-state index in [-0.39, 0.29) is 12.2 Å². The molecule has 0 spiro atoms. The topological polar surface area (TPSA) is 37.3 Å². The number of carbonyl (C=O) groups is 1. The van der Waals surface area contributed by atoms with Crippen LogP contribution in [0.25, 0.3) is 0 Å². The summed E-state index contributed by atoms with van der Waals surface area (Å²) >= 11 is 3.21. The van der Waals surface area contributed by atoms with Crippen molar-refractivity contribution in [3.05, 3.63) is 33.0 Å². The second-order valence-electron chi connectivity index (χ2n) is 3.84. The molecule has 16 heavy (non-hydrogen) atoms. The zero-order chi connectivity index (χ0) is 12.3. The second kappa shape index (κ2) is 5.43. The van der Waals surface area contributed by atoms with Crippen molar-refractivity contribution >= 4 is 21.9 Å². The fraction of sp³-hybridized carbons (Fsp3) is 0.417. The van der Waals surface area contributed by atoms with Crippen molar-refractivity contribution in [1.82, 2.24) is 0 Å². The normalized spacial score (nSPS) is 10.5. The summed E-state index contributed by atoms with van der Waals surface area (Å²) in [6.07, 6.45) is 1.22. The number of aliphatic carboxylic acids is 1. The van der Waals surface area contributed by atoms with Crippen LogP contribution < -0.4 is 0 Å². The molecule has 0 fully saturated rings. The third-order valence-electron chi connectivity index (χ3n) is 2.68. The van der Waals surface area contributed by atoms with E-state index in [2.05, 4.69) is 15.9 Å². The van der Waals surface area contributed by atoms with Crippen LogP contribution in [0.5, 0.6) is 0 Å². The minimum Gasteiger partial charge on any atom is -0.481 e. The van der Waals surface area contributed by atoms with Crippen LogP contribution in [0.1, 0.15) is 29.5 Å². The minimum atomic E-state index is -0.818. The maximum absolute atomic E-state index is 13.4. The van der Waals surface area contributed by atoms with Gasteiger partial charge in [-0.1, -0.05) is 0 Å². The van der Waals surface area contributed by atoms with Gasteiger partial charge in [0.25, 0.3) is 0 Å². The number of benzene rings is 1. The molecule has 1 N–H and O–H groups in total. The molecule has 0 saturated carbocycles. The largest absolute Gasteiger partial charge is 0.481 e. The fourth-order valence-corrected chi connectivity index (χ4v) is 2.23. The summed E-state index contributed by atoms with van der Waals surface area (Å²) in [7, 11) is 0. The molecule has 1 aromatic rings. The Balaban J connectivity index is 2.90. The Morgan fingerprint density at radius 1 is 1.50 bits per heavy atom. The van der Waals surface area contributed by atoms with Crippen LogP contribution in [0.4, 0.5) is 4.39 Å². The molecule has 0 atom stereocenters. The maximum Gasteiger partial charge on any atom is 0.303 e. The first-order valence-corrected chi connectivity index (χ1v) is 5.88. The highest BCUT2D eigenvalue weighted by molar-refractivity contribution is 9.10. The van der Waals surface area contributed by atoms with Gasteiger partial charge in [0.2, 0.25) is 0 Å². The van der Waals surface area contributed by atoms with Gasteiger partial charge in [-0.15, -0.1) is 0 Å². The van der Waals surface area contributed by atoms with Crippen molar-refractivity contribution in [3.63, 3.8) is 0 Å². The van der Waals surface area contributed by atoms with Gasteiger partial charge in [-0.3, -0.25) is 4.79 Å². The lowest BCUT2D eigenvalue weighted by Crippen LogP contribution is -2.00. The fourth-order valence-electron chi connectivity index (χ4n) is 1.62. The van der Waals surface area contributed by atoms with Crippen LogP contribution in [-0.4, -0.2) is 11.1 Å². The number of carboxylic acid groups (broad SMARTS) is 1. The molecule has 0 aliphatic rings. The monoisotopic (exact) mass is 288 g/mol. The predicted octanol–water partition coefficient (Wildman–Crippen LogP) is 3.61. The van der Waals surface area contributed by atoms with Crippen LogP contribution in [0.2, 0.25) is 0 Å². The molecule has 0 aliphatic carbocycles. The van der Waals surface area contributed by atoms with Gasteiger partial charge in [0.1, 0.15) is 5.82 Å². The number of hydrogen-bond acceptors (Lipinski definition) is 1. The van der Waals surface area contributed by atoms with Crippen molar-refractivity contribution in [2.75, 3.05) is 0 Å². The van der Waals surface area contributed by atoms with E-state index < -0.39 is 5.97 Å². The Morgan fingerprint density at radius 2 is 2.12 bits per heavy atom. The molecule has 88 valence electrons. The number of halogens is 2. The van der Waals surface area contributed by atoms with E-state index in [1.54, 1.807) is 0 Å². The molecule has 0 aromatic heterocycles. The lowest BCUT2D eigenvalue weighted by atomic mass is 9.98. The molecule has 0 heterocycles. The quantitative estimate of drug-likeness (QED) is 0.919. The van der Waals surface area contributed by atoms with Gasteiger partial charge in [0.15, 0.2) is 0 Å². The van der Waals surface area contributed by atoms with Crippen molar-refractivity contribution in [2.24, 2.45) is 0 Å². The van der Waals surface area contributed by atoms with Crippen molar-refractivity contribution in [1.29, 1.82) is 0 Å². The van der Waals surface area contributed by atoms with Crippen LogP contribution in [0.3, 0.4) is 0 Å². The molecule has 0 bridgehead atoms. The van der Waals surface area contributed by atoms with Gasteiger partial charge >= 0.3 is 5.97 Å². The van der Waals surface area contributed by atoms with Gasteiger partial charge in [-0.05, 0) is 65.4 Å². The first-order valence-electron chi connectivity index (χ1n) is 5.09. The van der Waals surface area contributed by atoms with Crippen LogP contribution in [-0.2, 0) is 11.2 Å². The predicted molar refractivity (Wildman–Crippen MR) is 64.1 cm³/mol. The number of aryl methyl sites for hydroxylation is 1. The third-order valence-corrected chi connectivity index (χ3v) is 3.54. The molecular formula is C12H14BrFO2. The Bertz CT molecular complexity index is 390. The Morgan fingerprint density at radius 3 is 2.69 bits per heavy atom. The molecular weight excluding hydrogens is 275 g/mol. The van der Waals surface area contributed by atoms with E-state index in [9.17, 15) is 9.18 Å². The zero-order valence-electron chi connectivity index (χ0n) is 9.31. The van der Waals surface area contributed by atoms with Gasteiger partial charge < -0.3 is 5.11 Å². The first kappa shape index (κ1) is 13.2. The molecule has 0 amide bonds. The smallest absolute Gasteiger partial charge is 0.303 e. The van der Waals surface area contributed by atoms with E-state index in [1.807, 2.05) is 13.8 Å². The Hall–Kier alpha value is -0.900. The molecule has 0 saturated heterocycles. The molecule has 1 aromatic carbocycles. The molecule has 2 nitrogen and oxygen atoms in total. The summed E-state index contributed by atoms with van der Waals surface area (Å²) in [5, 5.41) is 8.55. The van der Waals surface area contributed by atoms with Crippen molar-refractivity contribution in [2.45, 2.75) is 33.1 Å². The summed E-state index contributed by atoms with van der Waals surface area (Å²) in [6, 6.07) is 1.49. The first-order chi connectivity index (χ1) is 7.43. The zero-order valence-corrected chi connectivity index (χ0v) is 10.9. The van der Waals surface area contributed by atoms with E-state index in [0.29, 0.717) is 17.3 Å². The van der Waals surface area contributed by atoms with Crippen molar-refractivity contribution in [3.8, 4) is 0 Å². The highest BCUT2D eigenvalue weighted by atomic mass is 79.9. The van der Waals surface area contributed by atoms with E-state index in [4.69, 9.17) is 5.11 Å². The summed E-state index contributed by atoms with van der Waals surface area (Å²) in [5.74, 6) is -1.10. The second-order valence-corrected chi connectivity index (χ2v) is 4.63. The van der Waals surface area contributed by atoms with Crippen LogP contribution in [0.15, 0.2) is 10.5 Å². The summed E-state index contributed by atoms with van der Waals surface area (Å²) in [6.45, 7) is 3.78. The highest BCUT2D eigenvalue weighted by Gasteiger charge is 2.11. The number of carboxylic acids is 1. The minimum absolute atomic E-state index is 0.113. The average Bonchev–Trinajstić information content (AvgIpc) is 2.20. The van der Waals surface area contributed by atoms with Crippen molar-refractivity contribution < 1.29 is 14.3 Å². The van der Waals surface area contributed by atoms with E-state index in [1.165, 1.54) is 6.07 Å². The molecule has 0 aliphatic heterocycles. The third kappa shape index (κ3) is 3.04. The SMILES string of the molecule is Cc1cc(F)c(Br)c(CCCC(=O)O)c1C. The lowest BCUT2D eigenvalue weighted by Gasteiger charge is -2.11. The Labute approximate surface area is 103 Å². The lowest BCUT2D eigenvalue weighted by molar-refractivity contribution is -0.137. The molecule has 4 heteroatoms. The highest BCUT2D eigenvalue weighted by Crippen LogP contribution is 2.27.